The molecule has 6 nitrogen and oxygen atoms in total. The van der Waals surface area contributed by atoms with Gasteiger partial charge >= 0.3 is 12.0 Å². The molecule has 1 aromatic rings. The summed E-state index contributed by atoms with van der Waals surface area (Å²) >= 11 is 0. The standard InChI is InChI=1S/C11H13FN2O4/c1-6-7(12)3-2-4-8(6)14-11(18)13-5-9(15)10(16)17/h2-4,9,15H,5H2,1H3,(H,16,17)(H2,13,14,18). The van der Waals surface area contributed by atoms with E-state index in [-0.39, 0.29) is 11.3 Å². The summed E-state index contributed by atoms with van der Waals surface area (Å²) < 4.78 is 13.2. The average Bonchev–Trinajstić information content (AvgIpc) is 2.32. The van der Waals surface area contributed by atoms with Gasteiger partial charge in [0.25, 0.3) is 0 Å². The summed E-state index contributed by atoms with van der Waals surface area (Å²) in [7, 11) is 0. The van der Waals surface area contributed by atoms with Crippen molar-refractivity contribution in [2.45, 2.75) is 13.0 Å². The zero-order valence-corrected chi connectivity index (χ0v) is 9.61. The largest absolute Gasteiger partial charge is 0.479 e. The van der Waals surface area contributed by atoms with Gasteiger partial charge in [-0.1, -0.05) is 6.07 Å². The molecule has 1 atom stereocenters. The molecule has 1 unspecified atom stereocenters. The SMILES string of the molecule is Cc1c(F)cccc1NC(=O)NCC(O)C(=O)O. The lowest BCUT2D eigenvalue weighted by Gasteiger charge is -2.11. The van der Waals surface area contributed by atoms with Crippen LogP contribution >= 0.6 is 0 Å². The van der Waals surface area contributed by atoms with Crippen LogP contribution in [0, 0.1) is 12.7 Å². The monoisotopic (exact) mass is 256 g/mol. The van der Waals surface area contributed by atoms with Gasteiger partial charge in [0, 0.05) is 11.3 Å². The van der Waals surface area contributed by atoms with Crippen molar-refractivity contribution in [1.29, 1.82) is 0 Å². The van der Waals surface area contributed by atoms with Crippen LogP contribution in [0.5, 0.6) is 0 Å². The topological polar surface area (TPSA) is 98.7 Å². The second kappa shape index (κ2) is 5.97. The van der Waals surface area contributed by atoms with Crippen molar-refractivity contribution >= 4 is 17.7 Å². The van der Waals surface area contributed by atoms with Crippen LogP contribution in [0.2, 0.25) is 0 Å². The molecule has 0 aliphatic heterocycles. The van der Waals surface area contributed by atoms with Crippen molar-refractivity contribution in [1.82, 2.24) is 5.32 Å². The molecule has 0 saturated carbocycles. The number of aliphatic hydroxyl groups excluding tert-OH is 1. The van der Waals surface area contributed by atoms with Gasteiger partial charge in [-0.2, -0.15) is 0 Å². The molecule has 0 radical (unpaired) electrons. The number of halogens is 1. The molecule has 0 fully saturated rings. The molecule has 0 bridgehead atoms. The molecule has 0 saturated heterocycles. The minimum Gasteiger partial charge on any atom is -0.479 e. The maximum atomic E-state index is 13.2. The summed E-state index contributed by atoms with van der Waals surface area (Å²) in [6.07, 6.45) is -1.68. The first kappa shape index (κ1) is 13.9. The Morgan fingerprint density at radius 3 is 2.72 bits per heavy atom. The molecule has 7 heteroatoms. The van der Waals surface area contributed by atoms with Gasteiger partial charge in [-0.25, -0.2) is 14.0 Å². The third kappa shape index (κ3) is 3.70. The van der Waals surface area contributed by atoms with E-state index in [0.717, 1.165) is 0 Å². The quantitative estimate of drug-likeness (QED) is 0.637. The van der Waals surface area contributed by atoms with Crippen LogP contribution in [-0.2, 0) is 4.79 Å². The number of nitrogens with one attached hydrogen (secondary N) is 2. The highest BCUT2D eigenvalue weighted by Gasteiger charge is 2.14. The minimum absolute atomic E-state index is 0.270. The molecule has 1 aromatic carbocycles. The fraction of sp³-hybridized carbons (Fsp3) is 0.273. The number of aliphatic carboxylic acids is 1. The third-order valence-corrected chi connectivity index (χ3v) is 2.26. The van der Waals surface area contributed by atoms with E-state index in [4.69, 9.17) is 10.2 Å². The van der Waals surface area contributed by atoms with E-state index in [2.05, 4.69) is 10.6 Å². The highest BCUT2D eigenvalue weighted by molar-refractivity contribution is 5.90. The first-order valence-corrected chi connectivity index (χ1v) is 5.12. The van der Waals surface area contributed by atoms with E-state index in [0.29, 0.717) is 0 Å². The Kier molecular flexibility index (Phi) is 4.61. The van der Waals surface area contributed by atoms with Gasteiger partial charge in [0.2, 0.25) is 0 Å². The lowest BCUT2D eigenvalue weighted by Crippen LogP contribution is -2.38. The van der Waals surface area contributed by atoms with Gasteiger partial charge in [0.1, 0.15) is 5.82 Å². The number of hydrogen-bond acceptors (Lipinski definition) is 3. The van der Waals surface area contributed by atoms with Gasteiger partial charge in [0.05, 0.1) is 6.54 Å². The molecule has 0 heterocycles. The second-order valence-electron chi connectivity index (χ2n) is 3.60. The third-order valence-electron chi connectivity index (χ3n) is 2.26. The average molecular weight is 256 g/mol. The summed E-state index contributed by atoms with van der Waals surface area (Å²) in [5.41, 5.74) is 0.545. The molecule has 4 N–H and O–H groups in total. The molecular formula is C11H13FN2O4. The van der Waals surface area contributed by atoms with Crippen LogP contribution in [0.1, 0.15) is 5.56 Å². The van der Waals surface area contributed by atoms with Crippen molar-refractivity contribution in [3.8, 4) is 0 Å². The lowest BCUT2D eigenvalue weighted by atomic mass is 10.2. The van der Waals surface area contributed by atoms with Gasteiger partial charge in [-0.3, -0.25) is 0 Å². The molecule has 2 amide bonds. The number of urea groups is 1. The van der Waals surface area contributed by atoms with Gasteiger partial charge < -0.3 is 20.8 Å². The number of carboxylic acid groups (broad SMARTS) is 1. The molecule has 0 aliphatic carbocycles. The number of rotatable bonds is 4. The number of amides is 2. The molecule has 0 aliphatic rings. The van der Waals surface area contributed by atoms with Gasteiger partial charge in [-0.15, -0.1) is 0 Å². The van der Waals surface area contributed by atoms with Crippen LogP contribution in [0.15, 0.2) is 18.2 Å². The summed E-state index contributed by atoms with van der Waals surface area (Å²) in [6.45, 7) is 1.06. The number of aliphatic hydroxyl groups is 1. The fourth-order valence-corrected chi connectivity index (χ4v) is 1.19. The molecular weight excluding hydrogens is 243 g/mol. The first-order valence-electron chi connectivity index (χ1n) is 5.12. The van der Waals surface area contributed by atoms with Crippen LogP contribution in [0.4, 0.5) is 14.9 Å². The van der Waals surface area contributed by atoms with Crippen molar-refractivity contribution in [3.05, 3.63) is 29.6 Å². The number of carboxylic acids is 1. The summed E-state index contributed by atoms with van der Waals surface area (Å²) in [5, 5.41) is 21.8. The molecule has 98 valence electrons. The van der Waals surface area contributed by atoms with Gasteiger partial charge in [-0.05, 0) is 19.1 Å². The van der Waals surface area contributed by atoms with E-state index >= 15 is 0 Å². The zero-order valence-electron chi connectivity index (χ0n) is 9.61. The number of carbonyl (C=O) groups is 2. The molecule has 0 aromatic heterocycles. The molecule has 18 heavy (non-hydrogen) atoms. The summed E-state index contributed by atoms with van der Waals surface area (Å²) in [5.74, 6) is -1.89. The number of carbonyl (C=O) groups excluding carboxylic acids is 1. The van der Waals surface area contributed by atoms with E-state index in [1.165, 1.54) is 25.1 Å². The molecule has 0 spiro atoms. The summed E-state index contributed by atoms with van der Waals surface area (Å²) in [6, 6.07) is 3.48. The Labute approximate surface area is 102 Å². The van der Waals surface area contributed by atoms with Crippen molar-refractivity contribution in [2.75, 3.05) is 11.9 Å². The van der Waals surface area contributed by atoms with E-state index in [9.17, 15) is 14.0 Å². The number of anilines is 1. The van der Waals surface area contributed by atoms with Crippen LogP contribution in [0.3, 0.4) is 0 Å². The van der Waals surface area contributed by atoms with Crippen molar-refractivity contribution in [3.63, 3.8) is 0 Å². The minimum atomic E-state index is -1.68. The fourth-order valence-electron chi connectivity index (χ4n) is 1.19. The second-order valence-corrected chi connectivity index (χ2v) is 3.60. The normalized spacial score (nSPS) is 11.7. The maximum absolute atomic E-state index is 13.2. The van der Waals surface area contributed by atoms with E-state index in [1.54, 1.807) is 0 Å². The first-order chi connectivity index (χ1) is 8.41. The van der Waals surface area contributed by atoms with E-state index < -0.39 is 30.5 Å². The van der Waals surface area contributed by atoms with Crippen LogP contribution in [-0.4, -0.2) is 34.9 Å². The maximum Gasteiger partial charge on any atom is 0.334 e. The Bertz CT molecular complexity index is 464. The van der Waals surface area contributed by atoms with Crippen LogP contribution in [0.25, 0.3) is 0 Å². The number of hydrogen-bond donors (Lipinski definition) is 4. The molecule has 1 rings (SSSR count). The highest BCUT2D eigenvalue weighted by Crippen LogP contribution is 2.16. The Morgan fingerprint density at radius 2 is 2.11 bits per heavy atom. The van der Waals surface area contributed by atoms with Crippen molar-refractivity contribution in [2.24, 2.45) is 0 Å². The van der Waals surface area contributed by atoms with E-state index in [1.807, 2.05) is 0 Å². The lowest BCUT2D eigenvalue weighted by molar-refractivity contribution is -0.146. The zero-order chi connectivity index (χ0) is 13.7. The summed E-state index contributed by atoms with van der Waals surface area (Å²) in [4.78, 5) is 21.7. The Morgan fingerprint density at radius 1 is 1.44 bits per heavy atom. The van der Waals surface area contributed by atoms with Crippen LogP contribution < -0.4 is 10.6 Å². The Balaban J connectivity index is 2.55. The van der Waals surface area contributed by atoms with Gasteiger partial charge in [0.15, 0.2) is 6.10 Å². The smallest absolute Gasteiger partial charge is 0.334 e. The highest BCUT2D eigenvalue weighted by atomic mass is 19.1. The Hall–Kier alpha value is -2.15. The number of benzene rings is 1. The predicted molar refractivity (Wildman–Crippen MR) is 61.8 cm³/mol. The predicted octanol–water partition coefficient (Wildman–Crippen LogP) is 0.701. The van der Waals surface area contributed by atoms with Crippen molar-refractivity contribution < 1.29 is 24.2 Å².